The van der Waals surface area contributed by atoms with E-state index < -0.39 is 11.6 Å². The molecular weight excluding hydrogens is 254 g/mol. The summed E-state index contributed by atoms with van der Waals surface area (Å²) in [6.45, 7) is 0. The molecule has 0 aliphatic carbocycles. The first kappa shape index (κ1) is 13.1. The van der Waals surface area contributed by atoms with Crippen LogP contribution in [-0.2, 0) is 0 Å². The third-order valence-corrected chi connectivity index (χ3v) is 2.41. The van der Waals surface area contributed by atoms with Gasteiger partial charge in [-0.3, -0.25) is 0 Å². The van der Waals surface area contributed by atoms with E-state index in [-0.39, 0.29) is 11.7 Å². The first-order chi connectivity index (χ1) is 9.13. The first-order valence-electron chi connectivity index (χ1n) is 5.49. The zero-order valence-electron chi connectivity index (χ0n) is 10.4. The fourth-order valence-electron chi connectivity index (χ4n) is 1.45. The summed E-state index contributed by atoms with van der Waals surface area (Å²) in [5, 5.41) is 2.51. The smallest absolute Gasteiger partial charge is 0.258 e. The summed E-state index contributed by atoms with van der Waals surface area (Å²) in [6.07, 6.45) is 0. The van der Waals surface area contributed by atoms with Crippen molar-refractivity contribution in [2.45, 2.75) is 0 Å². The molecule has 0 radical (unpaired) electrons. The Labute approximate surface area is 109 Å². The van der Waals surface area contributed by atoms with Gasteiger partial charge in [-0.05, 0) is 24.3 Å². The van der Waals surface area contributed by atoms with E-state index in [1.54, 1.807) is 24.3 Å². The van der Waals surface area contributed by atoms with Gasteiger partial charge in [0.1, 0.15) is 11.5 Å². The molecule has 2 aromatic rings. The summed E-state index contributed by atoms with van der Waals surface area (Å²) in [7, 11) is 3.02. The maximum Gasteiger partial charge on any atom is 0.258 e. The molecule has 19 heavy (non-hydrogen) atoms. The third kappa shape index (κ3) is 2.90. The lowest BCUT2D eigenvalue weighted by atomic mass is 10.3. The second kappa shape index (κ2) is 5.51. The molecule has 0 fully saturated rings. The lowest BCUT2D eigenvalue weighted by molar-refractivity contribution is 0.406. The second-order valence-electron chi connectivity index (χ2n) is 3.63. The Kier molecular flexibility index (Phi) is 3.79. The SMILES string of the molecule is CNc1nc(Oc2ccc(OC)cc2)c(F)cc1F. The van der Waals surface area contributed by atoms with Crippen LogP contribution in [0, 0.1) is 11.6 Å². The molecule has 0 aliphatic rings. The molecule has 0 saturated heterocycles. The van der Waals surface area contributed by atoms with Crippen LogP contribution in [0.15, 0.2) is 30.3 Å². The zero-order valence-corrected chi connectivity index (χ0v) is 10.4. The van der Waals surface area contributed by atoms with Crippen molar-refractivity contribution >= 4 is 5.82 Å². The van der Waals surface area contributed by atoms with E-state index in [0.29, 0.717) is 11.5 Å². The monoisotopic (exact) mass is 266 g/mol. The van der Waals surface area contributed by atoms with Crippen molar-refractivity contribution in [1.82, 2.24) is 4.98 Å². The normalized spacial score (nSPS) is 10.1. The Morgan fingerprint density at radius 3 is 2.26 bits per heavy atom. The van der Waals surface area contributed by atoms with Crippen molar-refractivity contribution in [2.75, 3.05) is 19.5 Å². The van der Waals surface area contributed by atoms with Gasteiger partial charge in [0.2, 0.25) is 0 Å². The van der Waals surface area contributed by atoms with Crippen LogP contribution in [0.2, 0.25) is 0 Å². The van der Waals surface area contributed by atoms with Gasteiger partial charge in [-0.2, -0.15) is 4.98 Å². The number of ether oxygens (including phenoxy) is 2. The Morgan fingerprint density at radius 1 is 1.05 bits per heavy atom. The van der Waals surface area contributed by atoms with Crippen molar-refractivity contribution in [3.05, 3.63) is 42.0 Å². The minimum Gasteiger partial charge on any atom is -0.497 e. The average molecular weight is 266 g/mol. The van der Waals surface area contributed by atoms with Gasteiger partial charge in [0.25, 0.3) is 5.88 Å². The van der Waals surface area contributed by atoms with E-state index in [0.717, 1.165) is 6.07 Å². The second-order valence-corrected chi connectivity index (χ2v) is 3.63. The fraction of sp³-hybridized carbons (Fsp3) is 0.154. The highest BCUT2D eigenvalue weighted by Crippen LogP contribution is 2.26. The number of halogens is 2. The van der Waals surface area contributed by atoms with E-state index >= 15 is 0 Å². The molecule has 0 atom stereocenters. The van der Waals surface area contributed by atoms with Gasteiger partial charge in [0, 0.05) is 13.1 Å². The Bertz CT molecular complexity index is 574. The molecule has 0 amide bonds. The molecule has 100 valence electrons. The van der Waals surface area contributed by atoms with E-state index in [4.69, 9.17) is 9.47 Å². The molecule has 1 N–H and O–H groups in total. The van der Waals surface area contributed by atoms with E-state index in [1.807, 2.05) is 0 Å². The highest BCUT2D eigenvalue weighted by molar-refractivity contribution is 5.41. The molecule has 2 rings (SSSR count). The minimum atomic E-state index is -0.868. The number of benzene rings is 1. The van der Waals surface area contributed by atoms with Crippen LogP contribution in [0.3, 0.4) is 0 Å². The Morgan fingerprint density at radius 2 is 1.68 bits per heavy atom. The van der Waals surface area contributed by atoms with Gasteiger partial charge in [-0.25, -0.2) is 8.78 Å². The molecule has 4 nitrogen and oxygen atoms in total. The molecule has 0 bridgehead atoms. The Balaban J connectivity index is 2.26. The van der Waals surface area contributed by atoms with Crippen molar-refractivity contribution in [3.63, 3.8) is 0 Å². The van der Waals surface area contributed by atoms with Crippen LogP contribution >= 0.6 is 0 Å². The Hall–Kier alpha value is -2.37. The van der Waals surface area contributed by atoms with Gasteiger partial charge < -0.3 is 14.8 Å². The van der Waals surface area contributed by atoms with Crippen LogP contribution < -0.4 is 14.8 Å². The predicted molar refractivity (Wildman–Crippen MR) is 66.8 cm³/mol. The number of hydrogen-bond acceptors (Lipinski definition) is 4. The van der Waals surface area contributed by atoms with E-state index in [9.17, 15) is 8.78 Å². The largest absolute Gasteiger partial charge is 0.497 e. The number of anilines is 1. The van der Waals surface area contributed by atoms with Gasteiger partial charge in [-0.1, -0.05) is 0 Å². The van der Waals surface area contributed by atoms with Crippen LogP contribution in [0.1, 0.15) is 0 Å². The van der Waals surface area contributed by atoms with Crippen LogP contribution in [0.5, 0.6) is 17.4 Å². The van der Waals surface area contributed by atoms with Crippen molar-refractivity contribution in [3.8, 4) is 17.4 Å². The summed E-state index contributed by atoms with van der Waals surface area (Å²) < 4.78 is 37.0. The summed E-state index contributed by atoms with van der Waals surface area (Å²) >= 11 is 0. The van der Waals surface area contributed by atoms with Crippen LogP contribution in [0.25, 0.3) is 0 Å². The number of pyridine rings is 1. The molecule has 0 unspecified atom stereocenters. The predicted octanol–water partition coefficient (Wildman–Crippen LogP) is 3.20. The molecule has 6 heteroatoms. The van der Waals surface area contributed by atoms with E-state index in [2.05, 4.69) is 10.3 Å². The third-order valence-electron chi connectivity index (χ3n) is 2.41. The summed E-state index contributed by atoms with van der Waals surface area (Å²) in [6, 6.07) is 7.24. The van der Waals surface area contributed by atoms with Gasteiger partial charge in [0.15, 0.2) is 17.5 Å². The quantitative estimate of drug-likeness (QED) is 0.922. The topological polar surface area (TPSA) is 43.4 Å². The number of aromatic nitrogens is 1. The maximum absolute atomic E-state index is 13.5. The lowest BCUT2D eigenvalue weighted by Gasteiger charge is -2.09. The van der Waals surface area contributed by atoms with Gasteiger partial charge in [0.05, 0.1) is 7.11 Å². The molecule has 0 spiro atoms. The first-order valence-corrected chi connectivity index (χ1v) is 5.49. The highest BCUT2D eigenvalue weighted by Gasteiger charge is 2.12. The van der Waals surface area contributed by atoms with Crippen molar-refractivity contribution in [2.24, 2.45) is 0 Å². The molecule has 1 aromatic carbocycles. The van der Waals surface area contributed by atoms with Gasteiger partial charge in [-0.15, -0.1) is 0 Å². The lowest BCUT2D eigenvalue weighted by Crippen LogP contribution is -2.01. The molecular formula is C13H12F2N2O2. The molecule has 0 saturated carbocycles. The summed E-state index contributed by atoms with van der Waals surface area (Å²) in [5.41, 5.74) is 0. The summed E-state index contributed by atoms with van der Waals surface area (Å²) in [4.78, 5) is 3.71. The van der Waals surface area contributed by atoms with Crippen LogP contribution in [-0.4, -0.2) is 19.1 Å². The minimum absolute atomic E-state index is 0.0788. The molecule has 0 aliphatic heterocycles. The fourth-order valence-corrected chi connectivity index (χ4v) is 1.45. The number of hydrogen-bond donors (Lipinski definition) is 1. The average Bonchev–Trinajstić information content (AvgIpc) is 2.42. The maximum atomic E-state index is 13.5. The van der Waals surface area contributed by atoms with Crippen LogP contribution in [0.4, 0.5) is 14.6 Å². The van der Waals surface area contributed by atoms with Crippen molar-refractivity contribution < 1.29 is 18.3 Å². The number of nitrogens with zero attached hydrogens (tertiary/aromatic N) is 1. The van der Waals surface area contributed by atoms with Gasteiger partial charge >= 0.3 is 0 Å². The molecule has 1 aromatic heterocycles. The zero-order chi connectivity index (χ0) is 13.8. The number of nitrogens with one attached hydrogen (secondary N) is 1. The number of methoxy groups -OCH3 is 1. The standard InChI is InChI=1S/C13H12F2N2O2/c1-16-12-10(14)7-11(15)13(17-12)19-9-5-3-8(18-2)4-6-9/h3-7H,1-2H3,(H,16,17). The van der Waals surface area contributed by atoms with Crippen molar-refractivity contribution in [1.29, 1.82) is 0 Å². The summed E-state index contributed by atoms with van der Waals surface area (Å²) in [5.74, 6) is -0.994. The molecule has 1 heterocycles. The highest BCUT2D eigenvalue weighted by atomic mass is 19.1. The number of rotatable bonds is 4. The van der Waals surface area contributed by atoms with E-state index in [1.165, 1.54) is 14.2 Å².